The second-order valence-corrected chi connectivity index (χ2v) is 11.4. The van der Waals surface area contributed by atoms with Gasteiger partial charge in [0.1, 0.15) is 0 Å². The van der Waals surface area contributed by atoms with Gasteiger partial charge in [0, 0.05) is 0 Å². The molecule has 0 aliphatic rings. The van der Waals surface area contributed by atoms with Gasteiger partial charge in [0.05, 0.1) is 31.3 Å². The van der Waals surface area contributed by atoms with Gasteiger partial charge in [0.2, 0.25) is 5.91 Å². The van der Waals surface area contributed by atoms with Crippen LogP contribution in [0.4, 0.5) is 0 Å². The molecule has 0 heterocycles. The van der Waals surface area contributed by atoms with Gasteiger partial charge < -0.3 is 20.6 Å². The third-order valence-electron chi connectivity index (χ3n) is 7.49. The number of amides is 1. The predicted octanol–water partition coefficient (Wildman–Crippen LogP) is 8.31. The van der Waals surface area contributed by atoms with Gasteiger partial charge in [-0.3, -0.25) is 4.79 Å². The highest BCUT2D eigenvalue weighted by molar-refractivity contribution is 5.76. The van der Waals surface area contributed by atoms with E-state index in [-0.39, 0.29) is 18.9 Å². The van der Waals surface area contributed by atoms with E-state index in [0.29, 0.717) is 6.42 Å². The SMILES string of the molecule is CCCCCCCCCCC/C=C/CC/C=C/C(O)C(CO)NC(=O)CC(O)CCCCCCCCCCC. The number of carbonyl (C=O) groups is 1. The largest absolute Gasteiger partial charge is 0.394 e. The van der Waals surface area contributed by atoms with E-state index < -0.39 is 18.2 Å². The summed E-state index contributed by atoms with van der Waals surface area (Å²) in [6, 6.07) is -0.754. The fourth-order valence-electron chi connectivity index (χ4n) is 4.88. The maximum atomic E-state index is 12.3. The Bertz CT molecular complexity index is 578. The molecule has 4 N–H and O–H groups in total. The van der Waals surface area contributed by atoms with Gasteiger partial charge in [-0.25, -0.2) is 0 Å². The third-order valence-corrected chi connectivity index (χ3v) is 7.49. The van der Waals surface area contributed by atoms with E-state index in [0.717, 1.165) is 32.1 Å². The monoisotopic (exact) mass is 551 g/mol. The summed E-state index contributed by atoms with van der Waals surface area (Å²) in [5.41, 5.74) is 0. The normalized spacial score (nSPS) is 14.3. The number of carbonyl (C=O) groups excluding carboxylic acids is 1. The lowest BCUT2D eigenvalue weighted by atomic mass is 10.0. The minimum Gasteiger partial charge on any atom is -0.394 e. The van der Waals surface area contributed by atoms with Gasteiger partial charge >= 0.3 is 0 Å². The van der Waals surface area contributed by atoms with Crippen molar-refractivity contribution in [3.63, 3.8) is 0 Å². The van der Waals surface area contributed by atoms with Gasteiger partial charge in [-0.15, -0.1) is 0 Å². The molecule has 0 aromatic rings. The molecule has 0 spiro atoms. The molecule has 0 aliphatic carbocycles. The number of hydrogen-bond acceptors (Lipinski definition) is 4. The lowest BCUT2D eigenvalue weighted by Crippen LogP contribution is -2.45. The van der Waals surface area contributed by atoms with Crippen LogP contribution in [0.1, 0.15) is 162 Å². The Morgan fingerprint density at radius 3 is 1.64 bits per heavy atom. The van der Waals surface area contributed by atoms with Crippen molar-refractivity contribution in [3.8, 4) is 0 Å². The molecule has 1 amide bonds. The average Bonchev–Trinajstić information content (AvgIpc) is 2.92. The van der Waals surface area contributed by atoms with E-state index in [1.807, 2.05) is 6.08 Å². The summed E-state index contributed by atoms with van der Waals surface area (Å²) in [5.74, 6) is -0.329. The van der Waals surface area contributed by atoms with E-state index in [9.17, 15) is 20.1 Å². The average molecular weight is 552 g/mol. The van der Waals surface area contributed by atoms with Crippen LogP contribution in [0.5, 0.6) is 0 Å². The van der Waals surface area contributed by atoms with E-state index in [1.54, 1.807) is 6.08 Å². The summed E-state index contributed by atoms with van der Waals surface area (Å²) in [7, 11) is 0. The highest BCUT2D eigenvalue weighted by Crippen LogP contribution is 2.13. The van der Waals surface area contributed by atoms with Crippen LogP contribution < -0.4 is 5.32 Å². The Kier molecular flexibility index (Phi) is 28.9. The fraction of sp³-hybridized carbons (Fsp3) is 0.853. The number of rotatable bonds is 29. The zero-order chi connectivity index (χ0) is 28.8. The van der Waals surface area contributed by atoms with Gasteiger partial charge in [-0.2, -0.15) is 0 Å². The van der Waals surface area contributed by atoms with Crippen molar-refractivity contribution in [2.45, 2.75) is 180 Å². The minimum absolute atomic E-state index is 0.00764. The molecule has 5 heteroatoms. The topological polar surface area (TPSA) is 89.8 Å². The van der Waals surface area contributed by atoms with Crippen LogP contribution in [0.15, 0.2) is 24.3 Å². The Labute approximate surface area is 241 Å². The molecule has 0 aliphatic heterocycles. The second-order valence-electron chi connectivity index (χ2n) is 11.4. The molecule has 0 aromatic heterocycles. The van der Waals surface area contributed by atoms with E-state index >= 15 is 0 Å². The van der Waals surface area contributed by atoms with Crippen LogP contribution in [0.25, 0.3) is 0 Å². The van der Waals surface area contributed by atoms with Gasteiger partial charge in [-0.1, -0.05) is 147 Å². The molecule has 3 atom stereocenters. The number of aliphatic hydroxyl groups is 3. The van der Waals surface area contributed by atoms with Crippen LogP contribution in [0, 0.1) is 0 Å². The van der Waals surface area contributed by atoms with Crippen molar-refractivity contribution in [1.29, 1.82) is 0 Å². The highest BCUT2D eigenvalue weighted by atomic mass is 16.3. The maximum absolute atomic E-state index is 12.3. The molecule has 5 nitrogen and oxygen atoms in total. The number of aliphatic hydroxyl groups excluding tert-OH is 3. The van der Waals surface area contributed by atoms with Crippen LogP contribution in [0.2, 0.25) is 0 Å². The number of hydrogen-bond donors (Lipinski definition) is 4. The number of unbranched alkanes of at least 4 members (excludes halogenated alkanes) is 18. The van der Waals surface area contributed by atoms with Crippen molar-refractivity contribution in [2.75, 3.05) is 6.61 Å². The highest BCUT2D eigenvalue weighted by Gasteiger charge is 2.20. The zero-order valence-electron chi connectivity index (χ0n) is 25.8. The number of allylic oxidation sites excluding steroid dienone is 3. The van der Waals surface area contributed by atoms with Crippen LogP contribution in [-0.2, 0) is 4.79 Å². The van der Waals surface area contributed by atoms with Gasteiger partial charge in [0.15, 0.2) is 0 Å². The Morgan fingerprint density at radius 1 is 0.641 bits per heavy atom. The third kappa shape index (κ3) is 26.8. The summed E-state index contributed by atoms with van der Waals surface area (Å²) in [6.45, 7) is 4.15. The summed E-state index contributed by atoms with van der Waals surface area (Å²) in [5, 5.41) is 32.8. The van der Waals surface area contributed by atoms with Crippen LogP contribution >= 0.6 is 0 Å². The van der Waals surface area contributed by atoms with Crippen molar-refractivity contribution in [3.05, 3.63) is 24.3 Å². The smallest absolute Gasteiger partial charge is 0.222 e. The molecule has 0 radical (unpaired) electrons. The molecule has 0 bridgehead atoms. The van der Waals surface area contributed by atoms with Crippen LogP contribution in [0.3, 0.4) is 0 Å². The first-order chi connectivity index (χ1) is 19.0. The van der Waals surface area contributed by atoms with Gasteiger partial charge in [0.25, 0.3) is 0 Å². The maximum Gasteiger partial charge on any atom is 0.222 e. The molecule has 3 unspecified atom stereocenters. The second kappa shape index (κ2) is 29.8. The predicted molar refractivity (Wildman–Crippen MR) is 167 cm³/mol. The molecule has 0 fully saturated rings. The van der Waals surface area contributed by atoms with Crippen molar-refractivity contribution in [1.82, 2.24) is 5.32 Å². The molecule has 230 valence electrons. The van der Waals surface area contributed by atoms with Crippen LogP contribution in [-0.4, -0.2) is 46.1 Å². The summed E-state index contributed by atoms with van der Waals surface area (Å²) < 4.78 is 0. The summed E-state index contributed by atoms with van der Waals surface area (Å²) in [4.78, 5) is 12.3. The number of nitrogens with one attached hydrogen (secondary N) is 1. The Hall–Kier alpha value is -1.17. The molecule has 0 rings (SSSR count). The van der Waals surface area contributed by atoms with E-state index in [1.165, 1.54) is 103 Å². The van der Waals surface area contributed by atoms with Gasteiger partial charge in [-0.05, 0) is 32.1 Å². The lowest BCUT2D eigenvalue weighted by molar-refractivity contribution is -0.124. The molecule has 39 heavy (non-hydrogen) atoms. The molecule has 0 saturated heterocycles. The van der Waals surface area contributed by atoms with Crippen molar-refractivity contribution >= 4 is 5.91 Å². The summed E-state index contributed by atoms with van der Waals surface area (Å²) in [6.07, 6.45) is 33.0. The van der Waals surface area contributed by atoms with Crippen molar-refractivity contribution < 1.29 is 20.1 Å². The fourth-order valence-corrected chi connectivity index (χ4v) is 4.88. The first-order valence-electron chi connectivity index (χ1n) is 16.6. The summed E-state index contributed by atoms with van der Waals surface area (Å²) >= 11 is 0. The molecule has 0 aromatic carbocycles. The Morgan fingerprint density at radius 2 is 1.10 bits per heavy atom. The standard InChI is InChI=1S/C34H65NO4/c1-3-5-7-9-11-13-14-15-16-17-18-20-22-24-26-28-33(38)32(30-36)35-34(39)29-31(37)27-25-23-21-19-12-10-8-6-4-2/h18,20,26,28,31-33,36-38H,3-17,19,21-25,27,29-30H2,1-2H3,(H,35,39)/b20-18+,28-26+. The van der Waals surface area contributed by atoms with Crippen molar-refractivity contribution in [2.24, 2.45) is 0 Å². The zero-order valence-corrected chi connectivity index (χ0v) is 25.8. The van der Waals surface area contributed by atoms with E-state index in [2.05, 4.69) is 31.3 Å². The Balaban J connectivity index is 3.83. The quantitative estimate of drug-likeness (QED) is 0.0556. The molecular weight excluding hydrogens is 486 g/mol. The minimum atomic E-state index is -0.945. The molecular formula is C34H65NO4. The first kappa shape index (κ1) is 37.8. The van der Waals surface area contributed by atoms with E-state index in [4.69, 9.17) is 0 Å². The lowest BCUT2D eigenvalue weighted by Gasteiger charge is -2.21. The molecule has 0 saturated carbocycles. The first-order valence-corrected chi connectivity index (χ1v) is 16.6.